The van der Waals surface area contributed by atoms with Gasteiger partial charge in [0, 0.05) is 17.9 Å². The van der Waals surface area contributed by atoms with Gasteiger partial charge in [0.05, 0.1) is 12.6 Å². The molecule has 0 radical (unpaired) electrons. The fourth-order valence-corrected chi connectivity index (χ4v) is 3.02. The zero-order valence-corrected chi connectivity index (χ0v) is 16.0. The van der Waals surface area contributed by atoms with E-state index >= 15 is 0 Å². The highest BCUT2D eigenvalue weighted by molar-refractivity contribution is 6.10. The smallest absolute Gasteiger partial charge is 0.257 e. The molecular formula is C22H27N3O2. The minimum Gasteiger partial charge on any atom is -0.376 e. The number of nitrogens with one attached hydrogen (secondary N) is 2. The van der Waals surface area contributed by atoms with Gasteiger partial charge in [-0.1, -0.05) is 31.2 Å². The third-order valence-electron chi connectivity index (χ3n) is 4.61. The van der Waals surface area contributed by atoms with E-state index in [9.17, 15) is 4.79 Å². The summed E-state index contributed by atoms with van der Waals surface area (Å²) in [5.41, 5.74) is 3.85. The second-order valence-electron chi connectivity index (χ2n) is 6.82. The summed E-state index contributed by atoms with van der Waals surface area (Å²) in [7, 11) is 0. The van der Waals surface area contributed by atoms with Gasteiger partial charge in [0.15, 0.2) is 0 Å². The van der Waals surface area contributed by atoms with Crippen LogP contribution >= 0.6 is 0 Å². The summed E-state index contributed by atoms with van der Waals surface area (Å²) in [6.45, 7) is 5.44. The Kier molecular flexibility index (Phi) is 6.60. The van der Waals surface area contributed by atoms with Gasteiger partial charge in [-0.25, -0.2) is 4.99 Å². The van der Waals surface area contributed by atoms with Gasteiger partial charge < -0.3 is 10.1 Å². The first-order valence-electron chi connectivity index (χ1n) is 9.54. The van der Waals surface area contributed by atoms with Crippen molar-refractivity contribution in [2.45, 2.75) is 39.2 Å². The molecule has 1 saturated heterocycles. The molecule has 2 aromatic carbocycles. The van der Waals surface area contributed by atoms with Crippen LogP contribution < -0.4 is 10.6 Å². The Balaban J connectivity index is 1.73. The normalized spacial score (nSPS) is 17.0. The Labute approximate surface area is 160 Å². The number of anilines is 1. The van der Waals surface area contributed by atoms with Gasteiger partial charge in [-0.3, -0.25) is 10.1 Å². The number of amides is 1. The third-order valence-corrected chi connectivity index (χ3v) is 4.61. The number of nitrogens with zero attached hydrogens (tertiary/aromatic N) is 1. The molecule has 0 spiro atoms. The van der Waals surface area contributed by atoms with Crippen molar-refractivity contribution in [3.8, 4) is 0 Å². The number of hydrogen-bond donors (Lipinski definition) is 2. The van der Waals surface area contributed by atoms with E-state index < -0.39 is 0 Å². The second kappa shape index (κ2) is 9.33. The zero-order chi connectivity index (χ0) is 19.1. The Bertz CT molecular complexity index is 793. The molecule has 0 aliphatic carbocycles. The van der Waals surface area contributed by atoms with Crippen LogP contribution in [0.5, 0.6) is 0 Å². The van der Waals surface area contributed by atoms with Crippen LogP contribution in [0.2, 0.25) is 0 Å². The maximum absolute atomic E-state index is 12.6. The average Bonchev–Trinajstić information content (AvgIpc) is 3.20. The van der Waals surface area contributed by atoms with E-state index in [1.54, 1.807) is 0 Å². The summed E-state index contributed by atoms with van der Waals surface area (Å²) in [5, 5.41) is 6.14. The summed E-state index contributed by atoms with van der Waals surface area (Å²) in [6.07, 6.45) is 3.15. The fourth-order valence-electron chi connectivity index (χ4n) is 3.02. The van der Waals surface area contributed by atoms with E-state index in [-0.39, 0.29) is 12.0 Å². The zero-order valence-electron chi connectivity index (χ0n) is 16.0. The van der Waals surface area contributed by atoms with Gasteiger partial charge in [-0.15, -0.1) is 0 Å². The predicted octanol–water partition coefficient (Wildman–Crippen LogP) is 3.93. The van der Waals surface area contributed by atoms with E-state index in [4.69, 9.17) is 4.74 Å². The maximum atomic E-state index is 12.6. The van der Waals surface area contributed by atoms with Crippen molar-refractivity contribution in [3.05, 3.63) is 65.2 Å². The lowest BCUT2D eigenvalue weighted by Gasteiger charge is -2.14. The van der Waals surface area contributed by atoms with E-state index in [1.807, 2.05) is 55.5 Å². The predicted molar refractivity (Wildman–Crippen MR) is 109 cm³/mol. The van der Waals surface area contributed by atoms with Gasteiger partial charge in [0.25, 0.3) is 5.91 Å². The topological polar surface area (TPSA) is 62.7 Å². The Hall–Kier alpha value is -2.66. The molecule has 2 N–H and O–H groups in total. The lowest BCUT2D eigenvalue weighted by Crippen LogP contribution is -2.36. The van der Waals surface area contributed by atoms with Crippen molar-refractivity contribution >= 4 is 17.6 Å². The van der Waals surface area contributed by atoms with Crippen molar-refractivity contribution in [2.24, 2.45) is 4.99 Å². The van der Waals surface area contributed by atoms with E-state index in [1.165, 1.54) is 5.56 Å². The lowest BCUT2D eigenvalue weighted by molar-refractivity contribution is 0.0975. The minimum absolute atomic E-state index is 0.125. The van der Waals surface area contributed by atoms with Crippen molar-refractivity contribution in [1.29, 1.82) is 0 Å². The number of hydrogen-bond acceptors (Lipinski definition) is 3. The number of aryl methyl sites for hydroxylation is 2. The van der Waals surface area contributed by atoms with Gasteiger partial charge in [-0.05, 0) is 61.6 Å². The van der Waals surface area contributed by atoms with Crippen LogP contribution in [0.3, 0.4) is 0 Å². The Morgan fingerprint density at radius 1 is 1.22 bits per heavy atom. The first-order valence-corrected chi connectivity index (χ1v) is 9.54. The van der Waals surface area contributed by atoms with Gasteiger partial charge in [-0.2, -0.15) is 0 Å². The summed E-state index contributed by atoms with van der Waals surface area (Å²) in [6, 6.07) is 15.6. The molecule has 1 amide bonds. The second-order valence-corrected chi connectivity index (χ2v) is 6.82. The van der Waals surface area contributed by atoms with Crippen LogP contribution in [0.25, 0.3) is 0 Å². The Morgan fingerprint density at radius 3 is 2.70 bits per heavy atom. The van der Waals surface area contributed by atoms with Gasteiger partial charge in [0.2, 0.25) is 5.96 Å². The number of carbonyl (C=O) groups is 1. The summed E-state index contributed by atoms with van der Waals surface area (Å²) in [4.78, 5) is 17.2. The average molecular weight is 365 g/mol. The molecule has 0 bridgehead atoms. The van der Waals surface area contributed by atoms with Crippen LogP contribution in [0.15, 0.2) is 53.5 Å². The molecule has 0 unspecified atom stereocenters. The standard InChI is InChI=1S/C22H27N3O2/c1-3-17-9-11-18(12-10-17)21(26)25-22(23-15-20-8-5-13-27-20)24-19-7-4-6-16(2)14-19/h4,6-7,9-12,14,20H,3,5,8,13,15H2,1-2H3,(H2,23,24,25,26)/t20-/m0/s1. The quantitative estimate of drug-likeness (QED) is 0.623. The summed E-state index contributed by atoms with van der Waals surface area (Å²) < 4.78 is 5.64. The highest BCUT2D eigenvalue weighted by Crippen LogP contribution is 2.13. The lowest BCUT2D eigenvalue weighted by atomic mass is 10.1. The minimum atomic E-state index is -0.177. The molecule has 1 aliphatic rings. The molecule has 2 aromatic rings. The monoisotopic (exact) mass is 365 g/mol. The molecule has 142 valence electrons. The highest BCUT2D eigenvalue weighted by atomic mass is 16.5. The van der Waals surface area contributed by atoms with Crippen molar-refractivity contribution in [1.82, 2.24) is 5.32 Å². The largest absolute Gasteiger partial charge is 0.376 e. The first-order chi connectivity index (χ1) is 13.1. The van der Waals surface area contributed by atoms with Gasteiger partial charge in [0.1, 0.15) is 0 Å². The molecule has 5 heteroatoms. The van der Waals surface area contributed by atoms with Crippen LogP contribution in [0.1, 0.15) is 41.3 Å². The van der Waals surface area contributed by atoms with Crippen molar-refractivity contribution < 1.29 is 9.53 Å². The van der Waals surface area contributed by atoms with Crippen LogP contribution in [-0.4, -0.2) is 31.1 Å². The highest BCUT2D eigenvalue weighted by Gasteiger charge is 2.16. The number of rotatable bonds is 5. The molecule has 3 rings (SSSR count). The van der Waals surface area contributed by atoms with Crippen molar-refractivity contribution in [2.75, 3.05) is 18.5 Å². The third kappa shape index (κ3) is 5.66. The number of benzene rings is 2. The fraction of sp³-hybridized carbons (Fsp3) is 0.364. The van der Waals surface area contributed by atoms with Gasteiger partial charge >= 0.3 is 0 Å². The van der Waals surface area contributed by atoms with Crippen LogP contribution in [-0.2, 0) is 11.2 Å². The van der Waals surface area contributed by atoms with Crippen molar-refractivity contribution in [3.63, 3.8) is 0 Å². The van der Waals surface area contributed by atoms with Crippen LogP contribution in [0.4, 0.5) is 5.69 Å². The molecule has 1 atom stereocenters. The molecule has 1 aliphatic heterocycles. The summed E-state index contributed by atoms with van der Waals surface area (Å²) >= 11 is 0. The molecule has 1 heterocycles. The summed E-state index contributed by atoms with van der Waals surface area (Å²) in [5.74, 6) is 0.268. The molecular weight excluding hydrogens is 338 g/mol. The molecule has 1 fully saturated rings. The van der Waals surface area contributed by atoms with E-state index in [0.29, 0.717) is 18.1 Å². The number of ether oxygens (including phenoxy) is 1. The maximum Gasteiger partial charge on any atom is 0.257 e. The SMILES string of the molecule is CCc1ccc(C(=O)NC(=NC[C@@H]2CCCO2)Nc2cccc(C)c2)cc1. The number of aliphatic imine (C=N–C) groups is 1. The Morgan fingerprint density at radius 2 is 2.04 bits per heavy atom. The number of carbonyl (C=O) groups excluding carboxylic acids is 1. The molecule has 0 aromatic heterocycles. The van der Waals surface area contributed by atoms with Crippen LogP contribution in [0, 0.1) is 6.92 Å². The van der Waals surface area contributed by atoms with E-state index in [0.717, 1.165) is 37.1 Å². The first kappa shape index (κ1) is 19.1. The number of guanidine groups is 1. The molecule has 5 nitrogen and oxygen atoms in total. The molecule has 27 heavy (non-hydrogen) atoms. The van der Waals surface area contributed by atoms with E-state index in [2.05, 4.69) is 22.5 Å². The molecule has 0 saturated carbocycles.